The first kappa shape index (κ1) is 20.0. The molecule has 0 aliphatic carbocycles. The molecule has 0 aliphatic rings. The average molecular weight is 423 g/mol. The predicted molar refractivity (Wildman–Crippen MR) is 117 cm³/mol. The van der Waals surface area contributed by atoms with Gasteiger partial charge in [-0.1, -0.05) is 31.3 Å². The largest absolute Gasteiger partial charge is 0.493 e. The summed E-state index contributed by atoms with van der Waals surface area (Å²) in [6, 6.07) is 9.31. The number of rotatable bonds is 7. The van der Waals surface area contributed by atoms with Gasteiger partial charge in [-0.3, -0.25) is 9.78 Å². The lowest BCUT2D eigenvalue weighted by molar-refractivity contribution is 0.273. The molecular weight excluding hydrogens is 400 g/mol. The zero-order valence-corrected chi connectivity index (χ0v) is 17.8. The second kappa shape index (κ2) is 8.62. The third-order valence-corrected chi connectivity index (χ3v) is 5.50. The SMILES string of the molecule is COc1cc(/C=c2\sc3nc(-c4cccnc4)nn3c2=O)ccc1OCCC(C)C. The third kappa shape index (κ3) is 4.18. The quantitative estimate of drug-likeness (QED) is 0.455. The highest BCUT2D eigenvalue weighted by Gasteiger charge is 2.12. The Bertz CT molecular complexity index is 1270. The molecule has 0 unspecified atom stereocenters. The second-order valence-electron chi connectivity index (χ2n) is 7.23. The van der Waals surface area contributed by atoms with Crippen LogP contribution in [0.2, 0.25) is 0 Å². The third-order valence-electron chi connectivity index (χ3n) is 4.54. The molecule has 154 valence electrons. The molecule has 4 aromatic rings. The molecule has 0 radical (unpaired) electrons. The number of pyridine rings is 1. The summed E-state index contributed by atoms with van der Waals surface area (Å²) in [7, 11) is 1.61. The second-order valence-corrected chi connectivity index (χ2v) is 8.24. The van der Waals surface area contributed by atoms with Crippen molar-refractivity contribution in [2.24, 2.45) is 5.92 Å². The van der Waals surface area contributed by atoms with Gasteiger partial charge in [0, 0.05) is 18.0 Å². The molecule has 0 bridgehead atoms. The lowest BCUT2D eigenvalue weighted by Crippen LogP contribution is -2.23. The van der Waals surface area contributed by atoms with Gasteiger partial charge in [-0.25, -0.2) is 0 Å². The standard InChI is InChI=1S/C22H22N4O3S/c1-14(2)8-10-29-17-7-6-15(11-18(17)28-3)12-19-21(27)26-22(30-19)24-20(25-26)16-5-4-9-23-13-16/h4-7,9,11-14H,8,10H2,1-3H3/b19-12-. The van der Waals surface area contributed by atoms with Gasteiger partial charge < -0.3 is 9.47 Å². The highest BCUT2D eigenvalue weighted by atomic mass is 32.1. The van der Waals surface area contributed by atoms with Crippen LogP contribution in [-0.2, 0) is 0 Å². The molecule has 0 N–H and O–H groups in total. The molecule has 8 heteroatoms. The molecule has 0 fully saturated rings. The lowest BCUT2D eigenvalue weighted by atomic mass is 10.1. The van der Waals surface area contributed by atoms with Crippen LogP contribution in [0.5, 0.6) is 11.5 Å². The fourth-order valence-electron chi connectivity index (χ4n) is 2.90. The molecule has 30 heavy (non-hydrogen) atoms. The monoisotopic (exact) mass is 422 g/mol. The fourth-order valence-corrected chi connectivity index (χ4v) is 3.81. The van der Waals surface area contributed by atoms with Crippen LogP contribution in [0.1, 0.15) is 25.8 Å². The summed E-state index contributed by atoms with van der Waals surface area (Å²) in [5.41, 5.74) is 1.42. The summed E-state index contributed by atoms with van der Waals surface area (Å²) in [5.74, 6) is 2.39. The number of benzene rings is 1. The number of hydrogen-bond donors (Lipinski definition) is 0. The van der Waals surface area contributed by atoms with E-state index in [0.29, 0.717) is 39.3 Å². The topological polar surface area (TPSA) is 78.6 Å². The smallest absolute Gasteiger partial charge is 0.291 e. The maximum Gasteiger partial charge on any atom is 0.291 e. The first-order valence-corrected chi connectivity index (χ1v) is 10.5. The molecule has 3 heterocycles. The number of hydrogen-bond acceptors (Lipinski definition) is 7. The molecule has 0 aliphatic heterocycles. The van der Waals surface area contributed by atoms with E-state index in [9.17, 15) is 4.79 Å². The van der Waals surface area contributed by atoms with E-state index < -0.39 is 0 Å². The van der Waals surface area contributed by atoms with Crippen LogP contribution >= 0.6 is 11.3 Å². The van der Waals surface area contributed by atoms with Crippen molar-refractivity contribution in [3.63, 3.8) is 0 Å². The van der Waals surface area contributed by atoms with E-state index in [2.05, 4.69) is 28.9 Å². The Kier molecular flexibility index (Phi) is 5.76. The zero-order chi connectivity index (χ0) is 21.1. The Morgan fingerprint density at radius 2 is 2.10 bits per heavy atom. The fraction of sp³-hybridized carbons (Fsp3) is 0.273. The van der Waals surface area contributed by atoms with E-state index in [4.69, 9.17) is 9.47 Å². The minimum Gasteiger partial charge on any atom is -0.493 e. The Morgan fingerprint density at radius 3 is 2.80 bits per heavy atom. The first-order valence-electron chi connectivity index (χ1n) is 9.67. The maximum absolute atomic E-state index is 12.8. The van der Waals surface area contributed by atoms with Crippen LogP contribution in [0.25, 0.3) is 22.4 Å². The first-order chi connectivity index (χ1) is 14.5. The van der Waals surface area contributed by atoms with Crippen LogP contribution in [0.4, 0.5) is 0 Å². The van der Waals surface area contributed by atoms with Crippen LogP contribution in [-0.4, -0.2) is 33.3 Å². The van der Waals surface area contributed by atoms with Crippen molar-refractivity contribution in [3.05, 3.63) is 63.2 Å². The molecule has 0 spiro atoms. The van der Waals surface area contributed by atoms with Crippen LogP contribution in [0.3, 0.4) is 0 Å². The van der Waals surface area contributed by atoms with Crippen molar-refractivity contribution in [1.29, 1.82) is 0 Å². The number of nitrogens with zero attached hydrogens (tertiary/aromatic N) is 4. The van der Waals surface area contributed by atoms with E-state index in [1.807, 2.05) is 36.4 Å². The van der Waals surface area contributed by atoms with Crippen molar-refractivity contribution in [3.8, 4) is 22.9 Å². The van der Waals surface area contributed by atoms with Crippen molar-refractivity contribution in [1.82, 2.24) is 19.6 Å². The number of ether oxygens (including phenoxy) is 2. The van der Waals surface area contributed by atoms with Gasteiger partial charge in [0.15, 0.2) is 17.3 Å². The summed E-state index contributed by atoms with van der Waals surface area (Å²) in [6.07, 6.45) is 6.14. The summed E-state index contributed by atoms with van der Waals surface area (Å²) in [6.45, 7) is 4.95. The number of methoxy groups -OCH3 is 1. The average Bonchev–Trinajstić information content (AvgIpc) is 3.29. The van der Waals surface area contributed by atoms with Gasteiger partial charge >= 0.3 is 0 Å². The molecule has 0 saturated carbocycles. The summed E-state index contributed by atoms with van der Waals surface area (Å²) in [5, 5.41) is 4.34. The number of thiazole rings is 1. The van der Waals surface area contributed by atoms with Crippen molar-refractivity contribution in [2.45, 2.75) is 20.3 Å². The minimum atomic E-state index is -0.200. The van der Waals surface area contributed by atoms with Gasteiger partial charge in [0.1, 0.15) is 0 Å². The van der Waals surface area contributed by atoms with Gasteiger partial charge in [-0.2, -0.15) is 9.50 Å². The maximum atomic E-state index is 12.8. The molecule has 0 atom stereocenters. The number of fused-ring (bicyclic) bond motifs is 1. The molecule has 1 aromatic carbocycles. The van der Waals surface area contributed by atoms with Crippen molar-refractivity contribution < 1.29 is 9.47 Å². The van der Waals surface area contributed by atoms with Crippen LogP contribution < -0.4 is 19.6 Å². The van der Waals surface area contributed by atoms with Gasteiger partial charge in [-0.05, 0) is 48.2 Å². The molecule has 0 amide bonds. The molecular formula is C22H22N4O3S. The van der Waals surface area contributed by atoms with Crippen molar-refractivity contribution >= 4 is 22.4 Å². The van der Waals surface area contributed by atoms with E-state index in [1.165, 1.54) is 15.9 Å². The minimum absolute atomic E-state index is 0.200. The Labute approximate surface area is 177 Å². The summed E-state index contributed by atoms with van der Waals surface area (Å²) < 4.78 is 13.2. The molecule has 3 aromatic heterocycles. The summed E-state index contributed by atoms with van der Waals surface area (Å²) >= 11 is 1.30. The number of aromatic nitrogens is 4. The van der Waals surface area contributed by atoms with E-state index >= 15 is 0 Å². The van der Waals surface area contributed by atoms with Crippen molar-refractivity contribution in [2.75, 3.05) is 13.7 Å². The van der Waals surface area contributed by atoms with Gasteiger partial charge in [-0.15, -0.1) is 5.10 Å². The van der Waals surface area contributed by atoms with Crippen LogP contribution in [0.15, 0.2) is 47.5 Å². The lowest BCUT2D eigenvalue weighted by Gasteiger charge is -2.12. The predicted octanol–water partition coefficient (Wildman–Crippen LogP) is 3.19. The Balaban J connectivity index is 1.63. The highest BCUT2D eigenvalue weighted by Crippen LogP contribution is 2.28. The molecule has 4 rings (SSSR count). The van der Waals surface area contributed by atoms with Gasteiger partial charge in [0.05, 0.1) is 18.2 Å². The summed E-state index contributed by atoms with van der Waals surface area (Å²) in [4.78, 5) is 21.9. The zero-order valence-electron chi connectivity index (χ0n) is 17.0. The van der Waals surface area contributed by atoms with Crippen LogP contribution in [0, 0.1) is 5.92 Å². The van der Waals surface area contributed by atoms with E-state index in [1.54, 1.807) is 19.5 Å². The van der Waals surface area contributed by atoms with E-state index in [-0.39, 0.29) is 5.56 Å². The normalized spacial score (nSPS) is 12.1. The van der Waals surface area contributed by atoms with Gasteiger partial charge in [0.2, 0.25) is 4.96 Å². The Hall–Kier alpha value is -3.26. The highest BCUT2D eigenvalue weighted by molar-refractivity contribution is 7.15. The molecule has 0 saturated heterocycles. The van der Waals surface area contributed by atoms with E-state index in [0.717, 1.165) is 17.5 Å². The Morgan fingerprint density at radius 1 is 1.23 bits per heavy atom. The van der Waals surface area contributed by atoms with Gasteiger partial charge in [0.25, 0.3) is 5.56 Å². The molecule has 7 nitrogen and oxygen atoms in total.